The second kappa shape index (κ2) is 7.74. The van der Waals surface area contributed by atoms with Crippen molar-refractivity contribution in [1.29, 1.82) is 0 Å². The Bertz CT molecular complexity index is 1130. The van der Waals surface area contributed by atoms with Crippen LogP contribution in [0.2, 0.25) is 0 Å². The summed E-state index contributed by atoms with van der Waals surface area (Å²) in [7, 11) is -3.79. The Morgan fingerprint density at radius 1 is 1.00 bits per heavy atom. The number of nitrogens with zero attached hydrogens (tertiary/aromatic N) is 1. The molecule has 1 heterocycles. The second-order valence-electron chi connectivity index (χ2n) is 6.98. The molecule has 31 heavy (non-hydrogen) atoms. The standard InChI is InChI=1S/C19H15F6NO4S/c1-31(28,29)14-4-5-16(30-10-18(20,21)22)15(7-14)17(27)26-8-11-2-3-13(19(23,24)25)6-12(11)9-26/h2-7H,8-10H2,1H3. The van der Waals surface area contributed by atoms with Crippen LogP contribution in [0.1, 0.15) is 27.0 Å². The van der Waals surface area contributed by atoms with Gasteiger partial charge in [0.25, 0.3) is 5.91 Å². The van der Waals surface area contributed by atoms with Crippen LogP contribution in [0.4, 0.5) is 26.3 Å². The molecule has 0 aliphatic carbocycles. The maximum atomic E-state index is 13.0. The van der Waals surface area contributed by atoms with Crippen molar-refractivity contribution in [3.63, 3.8) is 0 Å². The monoisotopic (exact) mass is 467 g/mol. The van der Waals surface area contributed by atoms with Crippen LogP contribution in [-0.2, 0) is 29.1 Å². The van der Waals surface area contributed by atoms with Gasteiger partial charge in [-0.05, 0) is 41.5 Å². The number of carbonyl (C=O) groups excluding carboxylic acids is 1. The summed E-state index contributed by atoms with van der Waals surface area (Å²) in [6, 6.07) is 5.84. The third-order valence-electron chi connectivity index (χ3n) is 4.54. The largest absolute Gasteiger partial charge is 0.483 e. The van der Waals surface area contributed by atoms with Crippen molar-refractivity contribution in [3.05, 3.63) is 58.7 Å². The summed E-state index contributed by atoms with van der Waals surface area (Å²) in [5.74, 6) is -1.35. The molecule has 0 N–H and O–H groups in total. The third-order valence-corrected chi connectivity index (χ3v) is 5.65. The Labute approximate surface area is 173 Å². The molecule has 0 spiro atoms. The Balaban J connectivity index is 1.94. The molecular formula is C19H15F6NO4S. The quantitative estimate of drug-likeness (QED) is 0.633. The van der Waals surface area contributed by atoms with Gasteiger partial charge in [0.1, 0.15) is 5.75 Å². The number of hydrogen-bond acceptors (Lipinski definition) is 4. The highest BCUT2D eigenvalue weighted by Gasteiger charge is 2.34. The number of halogens is 6. The van der Waals surface area contributed by atoms with E-state index in [-0.39, 0.29) is 23.5 Å². The van der Waals surface area contributed by atoms with Crippen molar-refractivity contribution in [3.8, 4) is 5.75 Å². The van der Waals surface area contributed by atoms with Crippen molar-refractivity contribution in [2.24, 2.45) is 0 Å². The number of carbonyl (C=O) groups is 1. The van der Waals surface area contributed by atoms with Gasteiger partial charge in [-0.25, -0.2) is 8.42 Å². The lowest BCUT2D eigenvalue weighted by Crippen LogP contribution is -2.27. The summed E-state index contributed by atoms with van der Waals surface area (Å²) in [6.07, 6.45) is -8.42. The Hall–Kier alpha value is -2.76. The summed E-state index contributed by atoms with van der Waals surface area (Å²) < 4.78 is 105. The summed E-state index contributed by atoms with van der Waals surface area (Å²) >= 11 is 0. The first kappa shape index (κ1) is 22.9. The van der Waals surface area contributed by atoms with E-state index in [2.05, 4.69) is 4.74 Å². The zero-order valence-electron chi connectivity index (χ0n) is 15.8. The predicted molar refractivity (Wildman–Crippen MR) is 96.1 cm³/mol. The van der Waals surface area contributed by atoms with Gasteiger partial charge >= 0.3 is 12.4 Å². The van der Waals surface area contributed by atoms with Gasteiger partial charge in [-0.15, -0.1) is 0 Å². The highest BCUT2D eigenvalue weighted by molar-refractivity contribution is 7.90. The van der Waals surface area contributed by atoms with Gasteiger partial charge < -0.3 is 9.64 Å². The summed E-state index contributed by atoms with van der Waals surface area (Å²) in [6.45, 7) is -2.02. The minimum Gasteiger partial charge on any atom is -0.483 e. The molecule has 0 radical (unpaired) electrons. The highest BCUT2D eigenvalue weighted by atomic mass is 32.2. The molecule has 0 atom stereocenters. The number of amides is 1. The lowest BCUT2D eigenvalue weighted by Gasteiger charge is -2.19. The number of fused-ring (bicyclic) bond motifs is 1. The molecule has 0 aromatic heterocycles. The van der Waals surface area contributed by atoms with Crippen LogP contribution in [0.5, 0.6) is 5.75 Å². The van der Waals surface area contributed by atoms with Gasteiger partial charge in [-0.1, -0.05) is 6.07 Å². The molecule has 5 nitrogen and oxygen atoms in total. The Kier molecular flexibility index (Phi) is 5.72. The van der Waals surface area contributed by atoms with E-state index in [9.17, 15) is 39.6 Å². The van der Waals surface area contributed by atoms with Crippen LogP contribution in [0, 0.1) is 0 Å². The number of benzene rings is 2. The van der Waals surface area contributed by atoms with Crippen LogP contribution >= 0.6 is 0 Å². The molecule has 0 unspecified atom stereocenters. The molecule has 2 aromatic carbocycles. The first-order valence-corrected chi connectivity index (χ1v) is 10.6. The van der Waals surface area contributed by atoms with Gasteiger partial charge in [0.15, 0.2) is 16.4 Å². The summed E-state index contributed by atoms with van der Waals surface area (Å²) in [5, 5.41) is 0. The molecule has 0 saturated carbocycles. The normalized spacial score (nSPS) is 14.5. The van der Waals surface area contributed by atoms with E-state index in [4.69, 9.17) is 0 Å². The zero-order valence-corrected chi connectivity index (χ0v) is 16.7. The van der Waals surface area contributed by atoms with Crippen molar-refractivity contribution >= 4 is 15.7 Å². The Morgan fingerprint density at radius 2 is 1.65 bits per heavy atom. The summed E-state index contributed by atoms with van der Waals surface area (Å²) in [5.41, 5.74) is -0.650. The number of hydrogen-bond donors (Lipinski definition) is 0. The molecule has 1 aliphatic rings. The Morgan fingerprint density at radius 3 is 2.23 bits per heavy atom. The molecule has 12 heteroatoms. The van der Waals surface area contributed by atoms with E-state index >= 15 is 0 Å². The van der Waals surface area contributed by atoms with Crippen LogP contribution in [0.3, 0.4) is 0 Å². The highest BCUT2D eigenvalue weighted by Crippen LogP contribution is 2.34. The van der Waals surface area contributed by atoms with E-state index in [1.54, 1.807) is 0 Å². The SMILES string of the molecule is CS(=O)(=O)c1ccc(OCC(F)(F)F)c(C(=O)N2Cc3ccc(C(F)(F)F)cc3C2)c1. The van der Waals surface area contributed by atoms with Gasteiger partial charge in [0, 0.05) is 19.3 Å². The number of sulfone groups is 1. The van der Waals surface area contributed by atoms with Gasteiger partial charge in [-0.3, -0.25) is 4.79 Å². The van der Waals surface area contributed by atoms with Crippen LogP contribution in [0.15, 0.2) is 41.3 Å². The van der Waals surface area contributed by atoms with E-state index in [0.717, 1.165) is 41.5 Å². The lowest BCUT2D eigenvalue weighted by molar-refractivity contribution is -0.153. The van der Waals surface area contributed by atoms with Crippen LogP contribution in [0.25, 0.3) is 0 Å². The molecule has 0 bridgehead atoms. The molecule has 1 amide bonds. The minimum absolute atomic E-state index is 0.0892. The second-order valence-corrected chi connectivity index (χ2v) is 8.99. The van der Waals surface area contributed by atoms with Crippen LogP contribution in [-0.4, -0.2) is 38.3 Å². The van der Waals surface area contributed by atoms with E-state index in [0.29, 0.717) is 5.56 Å². The first-order chi connectivity index (χ1) is 14.1. The van der Waals surface area contributed by atoms with Gasteiger partial charge in [0.2, 0.25) is 0 Å². The molecule has 3 rings (SSSR count). The van der Waals surface area contributed by atoms with E-state index < -0.39 is 51.6 Å². The molecule has 0 fully saturated rings. The predicted octanol–water partition coefficient (Wildman–Crippen LogP) is 4.21. The summed E-state index contributed by atoms with van der Waals surface area (Å²) in [4.78, 5) is 13.8. The fraction of sp³-hybridized carbons (Fsp3) is 0.316. The topological polar surface area (TPSA) is 63.7 Å². The third kappa shape index (κ3) is 5.30. The molecular weight excluding hydrogens is 452 g/mol. The van der Waals surface area contributed by atoms with Crippen molar-refractivity contribution in [2.75, 3.05) is 12.9 Å². The fourth-order valence-electron chi connectivity index (χ4n) is 3.08. The average molecular weight is 467 g/mol. The maximum Gasteiger partial charge on any atom is 0.422 e. The maximum absolute atomic E-state index is 13.0. The van der Waals surface area contributed by atoms with Crippen LogP contribution < -0.4 is 4.74 Å². The molecule has 168 valence electrons. The van der Waals surface area contributed by atoms with Gasteiger partial charge in [0.05, 0.1) is 16.0 Å². The molecule has 0 saturated heterocycles. The fourth-order valence-corrected chi connectivity index (χ4v) is 3.72. The average Bonchev–Trinajstić information content (AvgIpc) is 3.07. The number of rotatable bonds is 4. The van der Waals surface area contributed by atoms with E-state index in [1.807, 2.05) is 0 Å². The molecule has 2 aromatic rings. The molecule has 1 aliphatic heterocycles. The van der Waals surface area contributed by atoms with E-state index in [1.165, 1.54) is 6.07 Å². The lowest BCUT2D eigenvalue weighted by atomic mass is 10.1. The van der Waals surface area contributed by atoms with Crippen molar-refractivity contribution in [2.45, 2.75) is 30.3 Å². The van der Waals surface area contributed by atoms with Crippen molar-refractivity contribution < 1.29 is 44.3 Å². The smallest absolute Gasteiger partial charge is 0.422 e. The first-order valence-electron chi connectivity index (χ1n) is 8.67. The van der Waals surface area contributed by atoms with Crippen molar-refractivity contribution in [1.82, 2.24) is 4.90 Å². The number of ether oxygens (including phenoxy) is 1. The minimum atomic E-state index is -4.70. The number of alkyl halides is 6. The zero-order chi connectivity index (χ0) is 23.2. The van der Waals surface area contributed by atoms with Gasteiger partial charge in [-0.2, -0.15) is 26.3 Å².